The molecule has 0 fully saturated rings. The first-order chi connectivity index (χ1) is 8.08. The summed E-state index contributed by atoms with van der Waals surface area (Å²) in [5, 5.41) is 3.49. The van der Waals surface area contributed by atoms with E-state index in [9.17, 15) is 0 Å². The van der Waals surface area contributed by atoms with Crippen LogP contribution in [0.5, 0.6) is 0 Å². The van der Waals surface area contributed by atoms with Gasteiger partial charge in [0.2, 0.25) is 0 Å². The third-order valence-corrected chi connectivity index (χ3v) is 3.40. The summed E-state index contributed by atoms with van der Waals surface area (Å²) < 4.78 is 0. The smallest absolute Gasteiger partial charge is 0.0397 e. The van der Waals surface area contributed by atoms with Crippen molar-refractivity contribution in [1.29, 1.82) is 0 Å². The van der Waals surface area contributed by atoms with Gasteiger partial charge >= 0.3 is 0 Å². The molecular weight excluding hydrogens is 208 g/mol. The first-order valence-electron chi connectivity index (χ1n) is 6.62. The summed E-state index contributed by atoms with van der Waals surface area (Å²) in [7, 11) is 0. The van der Waals surface area contributed by atoms with E-state index < -0.39 is 0 Å². The molecule has 0 radical (unpaired) electrons. The van der Waals surface area contributed by atoms with Crippen LogP contribution in [0.25, 0.3) is 0 Å². The Labute approximate surface area is 106 Å². The zero-order chi connectivity index (χ0) is 12.8. The number of hydrogen-bond acceptors (Lipinski definition) is 2. The fraction of sp³-hybridized carbons (Fsp3) is 0.600. The van der Waals surface area contributed by atoms with Crippen LogP contribution in [0.3, 0.4) is 0 Å². The average Bonchev–Trinajstić information content (AvgIpc) is 2.31. The molecule has 0 aliphatic heterocycles. The fourth-order valence-corrected chi connectivity index (χ4v) is 2.21. The van der Waals surface area contributed by atoms with Crippen molar-refractivity contribution in [3.05, 3.63) is 35.2 Å². The van der Waals surface area contributed by atoms with Gasteiger partial charge in [0, 0.05) is 17.9 Å². The predicted molar refractivity (Wildman–Crippen MR) is 75.8 cm³/mol. The van der Waals surface area contributed by atoms with Crippen LogP contribution in [0.1, 0.15) is 40.5 Å². The summed E-state index contributed by atoms with van der Waals surface area (Å²) in [6, 6.07) is 0. The van der Waals surface area contributed by atoms with E-state index in [0.717, 1.165) is 31.8 Å². The summed E-state index contributed by atoms with van der Waals surface area (Å²) in [5.41, 5.74) is 5.19. The van der Waals surface area contributed by atoms with Crippen molar-refractivity contribution < 1.29 is 0 Å². The Balaban J connectivity index is 2.59. The summed E-state index contributed by atoms with van der Waals surface area (Å²) in [6.45, 7) is 16.0. The molecule has 0 saturated heterocycles. The minimum absolute atomic E-state index is 0.928. The van der Waals surface area contributed by atoms with Gasteiger partial charge in [-0.05, 0) is 50.9 Å². The van der Waals surface area contributed by atoms with Gasteiger partial charge in [0.1, 0.15) is 0 Å². The molecule has 1 rings (SSSR count). The van der Waals surface area contributed by atoms with Gasteiger partial charge in [0.25, 0.3) is 0 Å². The van der Waals surface area contributed by atoms with E-state index >= 15 is 0 Å². The standard InChI is InChI=1S/C15H26N2/c1-6-17(7-2)11-14(5)16-15-12(3)9-8-10-13(15)4/h9,16H,5-8,10-11H2,1-4H3. The predicted octanol–water partition coefficient (Wildman–Crippen LogP) is 3.45. The van der Waals surface area contributed by atoms with E-state index in [4.69, 9.17) is 0 Å². The molecule has 1 N–H and O–H groups in total. The molecule has 0 atom stereocenters. The lowest BCUT2D eigenvalue weighted by atomic mass is 9.97. The first-order valence-corrected chi connectivity index (χ1v) is 6.62. The lowest BCUT2D eigenvalue weighted by molar-refractivity contribution is 0.325. The van der Waals surface area contributed by atoms with Crippen LogP contribution in [-0.2, 0) is 0 Å². The Morgan fingerprint density at radius 3 is 2.53 bits per heavy atom. The second-order valence-corrected chi connectivity index (χ2v) is 4.77. The molecule has 0 spiro atoms. The molecule has 0 heterocycles. The lowest BCUT2D eigenvalue weighted by Crippen LogP contribution is -2.30. The van der Waals surface area contributed by atoms with E-state index in [1.807, 2.05) is 0 Å². The largest absolute Gasteiger partial charge is 0.358 e. The molecule has 17 heavy (non-hydrogen) atoms. The second-order valence-electron chi connectivity index (χ2n) is 4.77. The third kappa shape index (κ3) is 4.04. The van der Waals surface area contributed by atoms with E-state index in [2.05, 4.69) is 50.6 Å². The van der Waals surface area contributed by atoms with Crippen molar-refractivity contribution >= 4 is 0 Å². The van der Waals surface area contributed by atoms with E-state index in [-0.39, 0.29) is 0 Å². The van der Waals surface area contributed by atoms with Gasteiger partial charge in [0.15, 0.2) is 0 Å². The highest BCUT2D eigenvalue weighted by Crippen LogP contribution is 2.23. The highest BCUT2D eigenvalue weighted by atomic mass is 15.1. The Bertz CT molecular complexity index is 333. The molecule has 0 bridgehead atoms. The van der Waals surface area contributed by atoms with Gasteiger partial charge in [-0.3, -0.25) is 4.90 Å². The Kier molecular flexibility index (Phi) is 5.49. The van der Waals surface area contributed by atoms with E-state index in [1.54, 1.807) is 0 Å². The maximum atomic E-state index is 4.14. The third-order valence-electron chi connectivity index (χ3n) is 3.40. The van der Waals surface area contributed by atoms with Gasteiger partial charge in [-0.1, -0.05) is 26.5 Å². The number of rotatable bonds is 6. The maximum absolute atomic E-state index is 4.14. The molecule has 0 aromatic heterocycles. The van der Waals surface area contributed by atoms with Crippen LogP contribution >= 0.6 is 0 Å². The molecule has 0 unspecified atom stereocenters. The van der Waals surface area contributed by atoms with Crippen molar-refractivity contribution in [2.75, 3.05) is 19.6 Å². The highest BCUT2D eigenvalue weighted by molar-refractivity contribution is 5.37. The van der Waals surface area contributed by atoms with Crippen molar-refractivity contribution in [3.8, 4) is 0 Å². The monoisotopic (exact) mass is 234 g/mol. The molecule has 0 aromatic carbocycles. The molecule has 1 aliphatic rings. The SMILES string of the molecule is C=C(CN(CC)CC)NC1=C(C)CCC=C1C. The van der Waals surface area contributed by atoms with Crippen molar-refractivity contribution in [2.24, 2.45) is 0 Å². The summed E-state index contributed by atoms with van der Waals surface area (Å²) >= 11 is 0. The van der Waals surface area contributed by atoms with Crippen LogP contribution in [-0.4, -0.2) is 24.5 Å². The van der Waals surface area contributed by atoms with Gasteiger partial charge in [0.05, 0.1) is 0 Å². The summed E-state index contributed by atoms with van der Waals surface area (Å²) in [4.78, 5) is 2.37. The Morgan fingerprint density at radius 1 is 1.35 bits per heavy atom. The van der Waals surface area contributed by atoms with Gasteiger partial charge in [-0.2, -0.15) is 0 Å². The molecule has 0 aromatic rings. The van der Waals surface area contributed by atoms with Crippen molar-refractivity contribution in [2.45, 2.75) is 40.5 Å². The molecule has 96 valence electrons. The molecule has 1 aliphatic carbocycles. The van der Waals surface area contributed by atoms with Crippen molar-refractivity contribution in [3.63, 3.8) is 0 Å². The van der Waals surface area contributed by atoms with Crippen LogP contribution in [0.4, 0.5) is 0 Å². The molecule has 0 amide bonds. The second kappa shape index (κ2) is 6.65. The van der Waals surface area contributed by atoms with Gasteiger partial charge in [-0.15, -0.1) is 0 Å². The molecule has 0 saturated carbocycles. The zero-order valence-electron chi connectivity index (χ0n) is 11.8. The number of allylic oxidation sites excluding steroid dienone is 3. The number of nitrogens with one attached hydrogen (secondary N) is 1. The average molecular weight is 234 g/mol. The van der Waals surface area contributed by atoms with E-state index in [1.165, 1.54) is 23.3 Å². The lowest BCUT2D eigenvalue weighted by Gasteiger charge is -2.24. The number of nitrogens with zero attached hydrogens (tertiary/aromatic N) is 1. The first kappa shape index (κ1) is 14.0. The minimum Gasteiger partial charge on any atom is -0.358 e. The topological polar surface area (TPSA) is 15.3 Å². The number of likely N-dealkylation sites (N-methyl/N-ethyl adjacent to an activating group) is 1. The molecule has 2 heteroatoms. The van der Waals surface area contributed by atoms with Gasteiger partial charge < -0.3 is 5.32 Å². The van der Waals surface area contributed by atoms with Crippen LogP contribution in [0.15, 0.2) is 35.2 Å². The highest BCUT2D eigenvalue weighted by Gasteiger charge is 2.11. The minimum atomic E-state index is 0.928. The van der Waals surface area contributed by atoms with Crippen LogP contribution < -0.4 is 5.32 Å². The Hall–Kier alpha value is -1.02. The summed E-state index contributed by atoms with van der Waals surface area (Å²) in [6.07, 6.45) is 4.64. The normalized spacial score (nSPS) is 16.2. The fourth-order valence-electron chi connectivity index (χ4n) is 2.21. The van der Waals surface area contributed by atoms with Crippen molar-refractivity contribution in [1.82, 2.24) is 10.2 Å². The van der Waals surface area contributed by atoms with Crippen LogP contribution in [0.2, 0.25) is 0 Å². The van der Waals surface area contributed by atoms with Gasteiger partial charge in [-0.25, -0.2) is 0 Å². The maximum Gasteiger partial charge on any atom is 0.0397 e. The van der Waals surface area contributed by atoms with Crippen LogP contribution in [0, 0.1) is 0 Å². The zero-order valence-corrected chi connectivity index (χ0v) is 11.8. The quantitative estimate of drug-likeness (QED) is 0.757. The Morgan fingerprint density at radius 2 is 2.00 bits per heavy atom. The van der Waals surface area contributed by atoms with E-state index in [0.29, 0.717) is 0 Å². The molecular formula is C15H26N2. The summed E-state index contributed by atoms with van der Waals surface area (Å²) in [5.74, 6) is 0. The number of hydrogen-bond donors (Lipinski definition) is 1. The molecule has 2 nitrogen and oxygen atoms in total.